The van der Waals surface area contributed by atoms with Gasteiger partial charge < -0.3 is 0 Å². The zero-order valence-corrected chi connectivity index (χ0v) is 15.2. The van der Waals surface area contributed by atoms with E-state index in [4.69, 9.17) is 4.98 Å². The maximum Gasteiger partial charge on any atom is 0.267 e. The van der Waals surface area contributed by atoms with E-state index in [0.29, 0.717) is 22.9 Å². The highest BCUT2D eigenvalue weighted by Crippen LogP contribution is 2.16. The van der Waals surface area contributed by atoms with Gasteiger partial charge in [-0.2, -0.15) is 5.10 Å². The highest BCUT2D eigenvalue weighted by atomic mass is 16.1. The highest BCUT2D eigenvalue weighted by Gasteiger charge is 2.13. The molecular formula is C22H18N4O. The maximum atomic E-state index is 13.4. The molecule has 0 radical (unpaired) electrons. The van der Waals surface area contributed by atoms with E-state index in [-0.39, 0.29) is 5.56 Å². The lowest BCUT2D eigenvalue weighted by Crippen LogP contribution is -2.24. The fourth-order valence-corrected chi connectivity index (χ4v) is 3.09. The van der Waals surface area contributed by atoms with Crippen molar-refractivity contribution < 1.29 is 0 Å². The quantitative estimate of drug-likeness (QED) is 0.520. The van der Waals surface area contributed by atoms with E-state index in [1.807, 2.05) is 68.7 Å². The fourth-order valence-electron chi connectivity index (χ4n) is 3.09. The number of hydrogen-bond acceptors (Lipinski definition) is 3. The molecule has 2 aromatic carbocycles. The van der Waals surface area contributed by atoms with Gasteiger partial charge in [0.1, 0.15) is 5.82 Å². The molecule has 5 nitrogen and oxygen atoms in total. The van der Waals surface area contributed by atoms with Crippen LogP contribution in [0.4, 0.5) is 0 Å². The summed E-state index contributed by atoms with van der Waals surface area (Å²) in [6, 6.07) is 15.2. The van der Waals surface area contributed by atoms with Crippen LogP contribution in [0.2, 0.25) is 0 Å². The number of fused-ring (bicyclic) bond motifs is 1. The van der Waals surface area contributed by atoms with Gasteiger partial charge in [0, 0.05) is 25.2 Å². The molecule has 0 saturated carbocycles. The topological polar surface area (TPSA) is 52.7 Å². The first-order valence-corrected chi connectivity index (χ1v) is 8.78. The van der Waals surface area contributed by atoms with Gasteiger partial charge in [-0.3, -0.25) is 14.0 Å². The van der Waals surface area contributed by atoms with Crippen LogP contribution in [0.15, 0.2) is 65.7 Å². The standard InChI is InChI=1S/C22H18N4O/c1-3-20-24-19-11-7-8-17(13-12-16-14-23-25(2)15-16)21(19)22(27)26(20)18-9-5-4-6-10-18/h4-11,14-15H,3H2,1-2H3. The van der Waals surface area contributed by atoms with Crippen molar-refractivity contribution in [2.75, 3.05) is 0 Å². The number of rotatable bonds is 2. The molecule has 0 aliphatic heterocycles. The van der Waals surface area contributed by atoms with Crippen LogP contribution in [0.25, 0.3) is 16.6 Å². The molecule has 4 rings (SSSR count). The molecule has 2 aromatic heterocycles. The van der Waals surface area contributed by atoms with Gasteiger partial charge in [0.2, 0.25) is 0 Å². The number of aromatic nitrogens is 4. The molecule has 0 atom stereocenters. The molecule has 2 heterocycles. The molecule has 132 valence electrons. The minimum Gasteiger partial charge on any atom is -0.275 e. The first-order valence-electron chi connectivity index (χ1n) is 8.78. The van der Waals surface area contributed by atoms with E-state index in [2.05, 4.69) is 16.9 Å². The van der Waals surface area contributed by atoms with Crippen molar-refractivity contribution in [3.8, 4) is 17.5 Å². The van der Waals surface area contributed by atoms with Crippen LogP contribution in [0, 0.1) is 11.8 Å². The molecule has 5 heteroatoms. The second kappa shape index (κ2) is 6.93. The molecule has 0 spiro atoms. The van der Waals surface area contributed by atoms with Crippen LogP contribution >= 0.6 is 0 Å². The van der Waals surface area contributed by atoms with Crippen LogP contribution < -0.4 is 5.56 Å². The van der Waals surface area contributed by atoms with Crippen LogP contribution in [0.1, 0.15) is 23.9 Å². The van der Waals surface area contributed by atoms with E-state index in [1.165, 1.54) is 0 Å². The zero-order valence-electron chi connectivity index (χ0n) is 15.2. The number of nitrogens with zero attached hydrogens (tertiary/aromatic N) is 4. The van der Waals surface area contributed by atoms with Gasteiger partial charge in [-0.25, -0.2) is 4.98 Å². The van der Waals surface area contributed by atoms with Gasteiger partial charge in [0.05, 0.1) is 28.4 Å². The van der Waals surface area contributed by atoms with Gasteiger partial charge in [-0.1, -0.05) is 43.0 Å². The molecule has 0 saturated heterocycles. The summed E-state index contributed by atoms with van der Waals surface area (Å²) < 4.78 is 3.38. The van der Waals surface area contributed by atoms with Gasteiger partial charge in [0.15, 0.2) is 0 Å². The predicted molar refractivity (Wildman–Crippen MR) is 106 cm³/mol. The molecule has 4 aromatic rings. The Balaban J connectivity index is 1.98. The molecule has 0 unspecified atom stereocenters. The van der Waals surface area contributed by atoms with E-state index < -0.39 is 0 Å². The van der Waals surface area contributed by atoms with Gasteiger partial charge in [0.25, 0.3) is 5.56 Å². The first-order chi connectivity index (χ1) is 13.2. The average Bonchev–Trinajstić information content (AvgIpc) is 3.11. The van der Waals surface area contributed by atoms with E-state index >= 15 is 0 Å². The Morgan fingerprint density at radius 1 is 1.04 bits per heavy atom. The normalized spacial score (nSPS) is 10.6. The molecule has 0 aliphatic rings. The summed E-state index contributed by atoms with van der Waals surface area (Å²) in [7, 11) is 1.85. The first kappa shape index (κ1) is 16.8. The van der Waals surface area contributed by atoms with Crippen molar-refractivity contribution in [3.63, 3.8) is 0 Å². The van der Waals surface area contributed by atoms with Gasteiger partial charge in [-0.05, 0) is 24.3 Å². The lowest BCUT2D eigenvalue weighted by Gasteiger charge is -2.13. The second-order valence-electron chi connectivity index (χ2n) is 6.21. The lowest BCUT2D eigenvalue weighted by atomic mass is 10.1. The average molecular weight is 354 g/mol. The summed E-state index contributed by atoms with van der Waals surface area (Å²) in [5.74, 6) is 6.93. The maximum absolute atomic E-state index is 13.4. The Hall–Kier alpha value is -3.65. The van der Waals surface area contributed by atoms with Crippen molar-refractivity contribution in [2.24, 2.45) is 7.05 Å². The Labute approximate surface area is 156 Å². The molecule has 0 amide bonds. The molecule has 0 aliphatic carbocycles. The molecule has 27 heavy (non-hydrogen) atoms. The van der Waals surface area contributed by atoms with Crippen LogP contribution in [-0.4, -0.2) is 19.3 Å². The van der Waals surface area contributed by atoms with Crippen molar-refractivity contribution in [2.45, 2.75) is 13.3 Å². The number of hydrogen-bond donors (Lipinski definition) is 0. The lowest BCUT2D eigenvalue weighted by molar-refractivity contribution is 0.767. The summed E-state index contributed by atoms with van der Waals surface area (Å²) in [6.07, 6.45) is 4.20. The minimum atomic E-state index is -0.0980. The van der Waals surface area contributed by atoms with Crippen molar-refractivity contribution in [1.29, 1.82) is 0 Å². The Morgan fingerprint density at radius 3 is 2.56 bits per heavy atom. The fraction of sp³-hybridized carbons (Fsp3) is 0.136. The molecule has 0 bridgehead atoms. The Bertz CT molecular complexity index is 1240. The summed E-state index contributed by atoms with van der Waals surface area (Å²) in [6.45, 7) is 2.00. The number of para-hydroxylation sites is 1. The van der Waals surface area contributed by atoms with Crippen LogP contribution in [-0.2, 0) is 13.5 Å². The van der Waals surface area contributed by atoms with Gasteiger partial charge in [-0.15, -0.1) is 0 Å². The Kier molecular flexibility index (Phi) is 4.31. The zero-order chi connectivity index (χ0) is 18.8. The molecular weight excluding hydrogens is 336 g/mol. The van der Waals surface area contributed by atoms with E-state index in [9.17, 15) is 4.79 Å². The smallest absolute Gasteiger partial charge is 0.267 e. The van der Waals surface area contributed by atoms with Crippen LogP contribution in [0.5, 0.6) is 0 Å². The van der Waals surface area contributed by atoms with Crippen molar-refractivity contribution in [1.82, 2.24) is 19.3 Å². The monoisotopic (exact) mass is 354 g/mol. The largest absolute Gasteiger partial charge is 0.275 e. The summed E-state index contributed by atoms with van der Waals surface area (Å²) >= 11 is 0. The summed E-state index contributed by atoms with van der Waals surface area (Å²) in [5, 5.41) is 4.66. The molecule has 0 fully saturated rings. The second-order valence-corrected chi connectivity index (χ2v) is 6.21. The summed E-state index contributed by atoms with van der Waals surface area (Å²) in [5.41, 5.74) is 2.85. The van der Waals surface area contributed by atoms with E-state index in [1.54, 1.807) is 15.4 Å². The van der Waals surface area contributed by atoms with Gasteiger partial charge >= 0.3 is 0 Å². The SMILES string of the molecule is CCc1nc2cccc(C#Cc3cnn(C)c3)c2c(=O)n1-c1ccccc1. The third-order valence-electron chi connectivity index (χ3n) is 4.34. The predicted octanol–water partition coefficient (Wildman–Crippen LogP) is 3.08. The van der Waals surface area contributed by atoms with E-state index in [0.717, 1.165) is 17.1 Å². The highest BCUT2D eigenvalue weighted by molar-refractivity contribution is 5.84. The number of aryl methyl sites for hydroxylation is 2. The van der Waals surface area contributed by atoms with Crippen molar-refractivity contribution >= 4 is 10.9 Å². The van der Waals surface area contributed by atoms with Crippen LogP contribution in [0.3, 0.4) is 0 Å². The number of benzene rings is 2. The van der Waals surface area contributed by atoms with Crippen molar-refractivity contribution in [3.05, 3.63) is 88.2 Å². The third kappa shape index (κ3) is 3.13. The molecule has 0 N–H and O–H groups in total. The minimum absolute atomic E-state index is 0.0980. The summed E-state index contributed by atoms with van der Waals surface area (Å²) in [4.78, 5) is 18.1. The Morgan fingerprint density at radius 2 is 1.85 bits per heavy atom. The third-order valence-corrected chi connectivity index (χ3v) is 4.34.